The smallest absolute Gasteiger partial charge is 0.123 e. The third-order valence-electron chi connectivity index (χ3n) is 2.63. The summed E-state index contributed by atoms with van der Waals surface area (Å²) in [5, 5.41) is 0.812. The molecule has 17 heavy (non-hydrogen) atoms. The van der Waals surface area contributed by atoms with Gasteiger partial charge in [0.1, 0.15) is 5.82 Å². The molecule has 3 heteroatoms. The summed E-state index contributed by atoms with van der Waals surface area (Å²) in [6.07, 6.45) is 0. The standard InChI is InChI=1S/C14H11Br2F/c15-9-11-3-1-2-4-13(11)14(16)10-5-7-12(17)8-6-10/h1-8,14H,9H2. The highest BCUT2D eigenvalue weighted by Crippen LogP contribution is 2.33. The molecule has 2 aromatic rings. The molecule has 0 bridgehead atoms. The zero-order valence-corrected chi connectivity index (χ0v) is 12.2. The van der Waals surface area contributed by atoms with Crippen molar-refractivity contribution in [2.75, 3.05) is 0 Å². The molecule has 0 heterocycles. The Morgan fingerprint density at radius 1 is 1.00 bits per heavy atom. The molecule has 0 N–H and O–H groups in total. The van der Waals surface area contributed by atoms with Crippen LogP contribution in [0, 0.1) is 5.82 Å². The molecular formula is C14H11Br2F. The molecule has 0 aromatic heterocycles. The summed E-state index contributed by atoms with van der Waals surface area (Å²) in [7, 11) is 0. The zero-order valence-electron chi connectivity index (χ0n) is 9.04. The Morgan fingerprint density at radius 3 is 2.29 bits per heavy atom. The van der Waals surface area contributed by atoms with Crippen LogP contribution >= 0.6 is 31.9 Å². The topological polar surface area (TPSA) is 0 Å². The van der Waals surface area contributed by atoms with Crippen molar-refractivity contribution in [2.45, 2.75) is 10.2 Å². The van der Waals surface area contributed by atoms with E-state index in [1.807, 2.05) is 12.1 Å². The normalized spacial score (nSPS) is 12.4. The Hall–Kier alpha value is -0.670. The second kappa shape index (κ2) is 5.78. The summed E-state index contributed by atoms with van der Waals surface area (Å²) in [6.45, 7) is 0. The molecule has 0 fully saturated rings. The van der Waals surface area contributed by atoms with Gasteiger partial charge in [-0.2, -0.15) is 0 Å². The molecule has 2 rings (SSSR count). The van der Waals surface area contributed by atoms with Gasteiger partial charge in [0.2, 0.25) is 0 Å². The number of hydrogen-bond donors (Lipinski definition) is 0. The highest BCUT2D eigenvalue weighted by atomic mass is 79.9. The molecule has 0 spiro atoms. The van der Waals surface area contributed by atoms with E-state index in [0.717, 1.165) is 10.9 Å². The lowest BCUT2D eigenvalue weighted by atomic mass is 10.0. The van der Waals surface area contributed by atoms with Crippen molar-refractivity contribution in [3.05, 3.63) is 71.0 Å². The minimum atomic E-state index is -0.206. The number of alkyl halides is 2. The van der Waals surface area contributed by atoms with Gasteiger partial charge in [0.15, 0.2) is 0 Å². The maximum atomic E-state index is 12.9. The van der Waals surface area contributed by atoms with E-state index in [9.17, 15) is 4.39 Å². The fourth-order valence-electron chi connectivity index (χ4n) is 1.71. The SMILES string of the molecule is Fc1ccc(C(Br)c2ccccc2CBr)cc1. The molecule has 0 amide bonds. The van der Waals surface area contributed by atoms with Crippen LogP contribution in [0.1, 0.15) is 21.5 Å². The number of rotatable bonds is 3. The van der Waals surface area contributed by atoms with Crippen molar-refractivity contribution in [2.24, 2.45) is 0 Å². The van der Waals surface area contributed by atoms with Crippen LogP contribution in [0.4, 0.5) is 4.39 Å². The van der Waals surface area contributed by atoms with Gasteiger partial charge in [0.05, 0.1) is 4.83 Å². The minimum Gasteiger partial charge on any atom is -0.207 e. The van der Waals surface area contributed by atoms with Crippen LogP contribution < -0.4 is 0 Å². The van der Waals surface area contributed by atoms with Gasteiger partial charge >= 0.3 is 0 Å². The zero-order chi connectivity index (χ0) is 12.3. The molecule has 0 nitrogen and oxygen atoms in total. The average molecular weight is 358 g/mol. The van der Waals surface area contributed by atoms with E-state index in [1.165, 1.54) is 23.3 Å². The van der Waals surface area contributed by atoms with Gasteiger partial charge < -0.3 is 0 Å². The predicted octanol–water partition coefficient (Wildman–Crippen LogP) is 5.20. The first kappa shape index (κ1) is 12.8. The minimum absolute atomic E-state index is 0.0943. The first-order valence-corrected chi connectivity index (χ1v) is 7.29. The summed E-state index contributed by atoms with van der Waals surface area (Å²) in [5.41, 5.74) is 3.49. The monoisotopic (exact) mass is 356 g/mol. The first-order valence-electron chi connectivity index (χ1n) is 5.25. The van der Waals surface area contributed by atoms with Crippen LogP contribution in [0.15, 0.2) is 48.5 Å². The fourth-order valence-corrected chi connectivity index (χ4v) is 2.98. The largest absolute Gasteiger partial charge is 0.207 e. The second-order valence-electron chi connectivity index (χ2n) is 3.75. The van der Waals surface area contributed by atoms with Gasteiger partial charge in [0.25, 0.3) is 0 Å². The van der Waals surface area contributed by atoms with Crippen LogP contribution in [0.3, 0.4) is 0 Å². The van der Waals surface area contributed by atoms with Gasteiger partial charge in [-0.3, -0.25) is 0 Å². The summed E-state index contributed by atoms with van der Waals surface area (Å²) < 4.78 is 12.9. The summed E-state index contributed by atoms with van der Waals surface area (Å²) >= 11 is 7.15. The maximum absolute atomic E-state index is 12.9. The molecule has 0 radical (unpaired) electrons. The third kappa shape index (κ3) is 2.96. The van der Waals surface area contributed by atoms with E-state index in [0.29, 0.717) is 0 Å². The van der Waals surface area contributed by atoms with Crippen LogP contribution in [-0.2, 0) is 5.33 Å². The van der Waals surface area contributed by atoms with Crippen LogP contribution in [0.25, 0.3) is 0 Å². The summed E-state index contributed by atoms with van der Waals surface area (Å²) in [6, 6.07) is 14.8. The van der Waals surface area contributed by atoms with Crippen molar-refractivity contribution in [1.29, 1.82) is 0 Å². The van der Waals surface area contributed by atoms with Crippen molar-refractivity contribution in [1.82, 2.24) is 0 Å². The molecule has 0 aliphatic rings. The number of benzene rings is 2. The maximum Gasteiger partial charge on any atom is 0.123 e. The van der Waals surface area contributed by atoms with E-state index >= 15 is 0 Å². The Labute approximate surface area is 117 Å². The van der Waals surface area contributed by atoms with E-state index in [1.54, 1.807) is 12.1 Å². The second-order valence-corrected chi connectivity index (χ2v) is 5.22. The Bertz CT molecular complexity index is 494. The third-order valence-corrected chi connectivity index (χ3v) is 4.26. The quantitative estimate of drug-likeness (QED) is 0.662. The molecule has 0 aliphatic heterocycles. The lowest BCUT2D eigenvalue weighted by molar-refractivity contribution is 0.627. The van der Waals surface area contributed by atoms with Gasteiger partial charge in [-0.1, -0.05) is 68.3 Å². The molecular weight excluding hydrogens is 347 g/mol. The fraction of sp³-hybridized carbons (Fsp3) is 0.143. The van der Waals surface area contributed by atoms with Crippen molar-refractivity contribution >= 4 is 31.9 Å². The molecule has 88 valence electrons. The van der Waals surface area contributed by atoms with Crippen molar-refractivity contribution in [3.8, 4) is 0 Å². The van der Waals surface area contributed by atoms with E-state index in [-0.39, 0.29) is 10.6 Å². The Balaban J connectivity index is 2.36. The number of halogens is 3. The lowest BCUT2D eigenvalue weighted by Gasteiger charge is -2.14. The highest BCUT2D eigenvalue weighted by molar-refractivity contribution is 9.09. The van der Waals surface area contributed by atoms with Crippen molar-refractivity contribution < 1.29 is 4.39 Å². The molecule has 1 atom stereocenters. The van der Waals surface area contributed by atoms with Crippen LogP contribution in [0.5, 0.6) is 0 Å². The molecule has 0 saturated carbocycles. The van der Waals surface area contributed by atoms with Gasteiger partial charge in [-0.25, -0.2) is 4.39 Å². The van der Waals surface area contributed by atoms with Gasteiger partial charge in [-0.15, -0.1) is 0 Å². The summed E-state index contributed by atoms with van der Waals surface area (Å²) in [4.78, 5) is 0.0943. The molecule has 2 aromatic carbocycles. The van der Waals surface area contributed by atoms with Crippen LogP contribution in [-0.4, -0.2) is 0 Å². The van der Waals surface area contributed by atoms with Gasteiger partial charge in [0, 0.05) is 5.33 Å². The molecule has 0 aliphatic carbocycles. The lowest BCUT2D eigenvalue weighted by Crippen LogP contribution is -1.97. The average Bonchev–Trinajstić information content (AvgIpc) is 2.39. The number of hydrogen-bond acceptors (Lipinski definition) is 0. The molecule has 0 saturated heterocycles. The first-order chi connectivity index (χ1) is 8.22. The highest BCUT2D eigenvalue weighted by Gasteiger charge is 2.13. The van der Waals surface area contributed by atoms with Crippen molar-refractivity contribution in [3.63, 3.8) is 0 Å². The molecule has 1 unspecified atom stereocenters. The van der Waals surface area contributed by atoms with E-state index in [2.05, 4.69) is 44.0 Å². The van der Waals surface area contributed by atoms with E-state index < -0.39 is 0 Å². The Morgan fingerprint density at radius 2 is 1.65 bits per heavy atom. The predicted molar refractivity (Wildman–Crippen MR) is 76.2 cm³/mol. The summed E-state index contributed by atoms with van der Waals surface area (Å²) in [5.74, 6) is -0.206. The van der Waals surface area contributed by atoms with Gasteiger partial charge in [-0.05, 0) is 28.8 Å². The Kier molecular flexibility index (Phi) is 4.35. The van der Waals surface area contributed by atoms with E-state index in [4.69, 9.17) is 0 Å². The van der Waals surface area contributed by atoms with Crippen LogP contribution in [0.2, 0.25) is 0 Å².